The van der Waals surface area contributed by atoms with Crippen molar-refractivity contribution in [3.8, 4) is 0 Å². The fourth-order valence-corrected chi connectivity index (χ4v) is 1.34. The Morgan fingerprint density at radius 1 is 1.29 bits per heavy atom. The Morgan fingerprint density at radius 3 is 2.59 bits per heavy atom. The van der Waals surface area contributed by atoms with Crippen LogP contribution < -0.4 is 0 Å². The van der Waals surface area contributed by atoms with E-state index in [1.165, 1.54) is 12.0 Å². The van der Waals surface area contributed by atoms with E-state index in [4.69, 9.17) is 4.74 Å². The monoisotopic (exact) mass is 231 g/mol. The van der Waals surface area contributed by atoms with Gasteiger partial charge in [0.05, 0.1) is 13.7 Å². The summed E-state index contributed by atoms with van der Waals surface area (Å²) in [6.07, 6.45) is 6.91. The predicted molar refractivity (Wildman–Crippen MR) is 68.3 cm³/mol. The smallest absolute Gasteiger partial charge is 0.413 e. The predicted octanol–water partition coefficient (Wildman–Crippen LogP) is 3.34. The lowest BCUT2D eigenvalue weighted by Crippen LogP contribution is -2.24. The van der Waals surface area contributed by atoms with Crippen LogP contribution in [-0.4, -0.2) is 18.1 Å². The van der Waals surface area contributed by atoms with E-state index in [9.17, 15) is 4.79 Å². The average molecular weight is 231 g/mol. The van der Waals surface area contributed by atoms with Crippen LogP contribution >= 0.6 is 0 Å². The highest BCUT2D eigenvalue weighted by Crippen LogP contribution is 2.06. The van der Waals surface area contributed by atoms with Gasteiger partial charge >= 0.3 is 6.09 Å². The summed E-state index contributed by atoms with van der Waals surface area (Å²) < 4.78 is 4.73. The van der Waals surface area contributed by atoms with Gasteiger partial charge in [-0.2, -0.15) is 0 Å². The van der Waals surface area contributed by atoms with Crippen molar-refractivity contribution < 1.29 is 9.53 Å². The molecule has 0 N–H and O–H groups in total. The van der Waals surface area contributed by atoms with E-state index >= 15 is 0 Å². The summed E-state index contributed by atoms with van der Waals surface area (Å²) in [6, 6.07) is 9.78. The van der Waals surface area contributed by atoms with Gasteiger partial charge in [-0.1, -0.05) is 42.5 Å². The third-order valence-electron chi connectivity index (χ3n) is 2.17. The third kappa shape index (κ3) is 4.55. The van der Waals surface area contributed by atoms with Crippen LogP contribution in [0.5, 0.6) is 0 Å². The van der Waals surface area contributed by atoms with Crippen molar-refractivity contribution in [2.24, 2.45) is 0 Å². The second kappa shape index (κ2) is 7.28. The van der Waals surface area contributed by atoms with Crippen LogP contribution in [0.15, 0.2) is 54.8 Å². The first-order valence-electron chi connectivity index (χ1n) is 5.46. The number of nitrogens with zero attached hydrogens (tertiary/aromatic N) is 1. The van der Waals surface area contributed by atoms with Crippen molar-refractivity contribution in [3.63, 3.8) is 0 Å². The molecule has 1 aromatic rings. The first kappa shape index (κ1) is 13.0. The molecule has 0 spiro atoms. The summed E-state index contributed by atoms with van der Waals surface area (Å²) >= 11 is 0. The van der Waals surface area contributed by atoms with E-state index in [0.29, 0.717) is 6.54 Å². The summed E-state index contributed by atoms with van der Waals surface area (Å²) in [5.74, 6) is 0. The average Bonchev–Trinajstić information content (AvgIpc) is 2.38. The molecule has 0 atom stereocenters. The molecule has 0 aromatic heterocycles. The highest BCUT2D eigenvalue weighted by Gasteiger charge is 2.10. The number of rotatable bonds is 4. The minimum absolute atomic E-state index is 0.366. The van der Waals surface area contributed by atoms with E-state index in [-0.39, 0.29) is 6.09 Å². The Morgan fingerprint density at radius 2 is 2.00 bits per heavy atom. The molecule has 1 amide bonds. The number of ether oxygens (including phenoxy) is 1. The Balaban J connectivity index is 2.74. The maximum absolute atomic E-state index is 11.5. The quantitative estimate of drug-likeness (QED) is 0.744. The molecule has 1 aromatic carbocycles. The topological polar surface area (TPSA) is 29.5 Å². The summed E-state index contributed by atoms with van der Waals surface area (Å²) in [5, 5.41) is 0. The zero-order chi connectivity index (χ0) is 12.5. The molecule has 0 radical (unpaired) electrons. The summed E-state index contributed by atoms with van der Waals surface area (Å²) in [7, 11) is 1.38. The van der Waals surface area contributed by atoms with Crippen molar-refractivity contribution in [2.75, 3.05) is 7.11 Å². The fraction of sp³-hybridized carbons (Fsp3) is 0.214. The molecular formula is C14H17NO2. The van der Waals surface area contributed by atoms with Crippen molar-refractivity contribution in [1.82, 2.24) is 4.90 Å². The number of hydrogen-bond donors (Lipinski definition) is 0. The first-order chi connectivity index (χ1) is 8.27. The van der Waals surface area contributed by atoms with E-state index in [0.717, 1.165) is 5.56 Å². The Kier molecular flexibility index (Phi) is 5.58. The Labute approximate surface area is 102 Å². The molecule has 0 saturated heterocycles. The van der Waals surface area contributed by atoms with Gasteiger partial charge in [-0.15, -0.1) is 0 Å². The van der Waals surface area contributed by atoms with E-state index in [1.54, 1.807) is 12.3 Å². The van der Waals surface area contributed by atoms with Crippen molar-refractivity contribution in [2.45, 2.75) is 13.5 Å². The van der Waals surface area contributed by atoms with Crippen LogP contribution in [0.4, 0.5) is 4.79 Å². The molecule has 1 rings (SSSR count). The van der Waals surface area contributed by atoms with Gasteiger partial charge in [0.25, 0.3) is 0 Å². The highest BCUT2D eigenvalue weighted by atomic mass is 16.5. The van der Waals surface area contributed by atoms with E-state index in [2.05, 4.69) is 0 Å². The normalized spacial score (nSPS) is 10.9. The minimum Gasteiger partial charge on any atom is -0.452 e. The van der Waals surface area contributed by atoms with E-state index < -0.39 is 0 Å². The first-order valence-corrected chi connectivity index (χ1v) is 5.46. The molecular weight excluding hydrogens is 214 g/mol. The molecule has 0 aliphatic heterocycles. The van der Waals surface area contributed by atoms with Gasteiger partial charge < -0.3 is 4.74 Å². The number of amides is 1. The molecule has 17 heavy (non-hydrogen) atoms. The maximum atomic E-state index is 11.5. The molecule has 0 saturated carbocycles. The molecule has 0 heterocycles. The van der Waals surface area contributed by atoms with Crippen LogP contribution in [0.3, 0.4) is 0 Å². The number of carbonyl (C=O) groups is 1. The van der Waals surface area contributed by atoms with Crippen LogP contribution in [0.2, 0.25) is 0 Å². The van der Waals surface area contributed by atoms with Crippen molar-refractivity contribution in [3.05, 3.63) is 60.3 Å². The van der Waals surface area contributed by atoms with Crippen LogP contribution in [0.1, 0.15) is 12.5 Å². The number of allylic oxidation sites excluding steroid dienone is 3. The summed E-state index contributed by atoms with van der Waals surface area (Å²) in [5.41, 5.74) is 1.06. The Hall–Kier alpha value is -2.03. The molecule has 0 bridgehead atoms. The SMILES string of the molecule is C/C=C/C=C/N(Cc1ccccc1)C(=O)OC. The molecule has 3 heteroatoms. The lowest BCUT2D eigenvalue weighted by molar-refractivity contribution is 0.138. The largest absolute Gasteiger partial charge is 0.452 e. The van der Waals surface area contributed by atoms with Gasteiger partial charge in [0, 0.05) is 6.20 Å². The van der Waals surface area contributed by atoms with Crippen LogP contribution in [0.25, 0.3) is 0 Å². The van der Waals surface area contributed by atoms with Gasteiger partial charge in [0.1, 0.15) is 0 Å². The lowest BCUT2D eigenvalue weighted by atomic mass is 10.2. The molecule has 0 aliphatic rings. The summed E-state index contributed by atoms with van der Waals surface area (Å²) in [6.45, 7) is 2.42. The molecule has 0 aliphatic carbocycles. The van der Waals surface area contributed by atoms with Crippen LogP contribution in [0, 0.1) is 0 Å². The van der Waals surface area contributed by atoms with Crippen molar-refractivity contribution in [1.29, 1.82) is 0 Å². The second-order valence-corrected chi connectivity index (χ2v) is 3.45. The fourth-order valence-electron chi connectivity index (χ4n) is 1.34. The molecule has 90 valence electrons. The highest BCUT2D eigenvalue weighted by molar-refractivity contribution is 5.68. The van der Waals surface area contributed by atoms with E-state index in [1.807, 2.05) is 49.4 Å². The minimum atomic E-state index is -0.366. The lowest BCUT2D eigenvalue weighted by Gasteiger charge is -2.16. The third-order valence-corrected chi connectivity index (χ3v) is 2.17. The number of hydrogen-bond acceptors (Lipinski definition) is 2. The number of methoxy groups -OCH3 is 1. The molecule has 0 fully saturated rings. The zero-order valence-corrected chi connectivity index (χ0v) is 10.2. The molecule has 3 nitrogen and oxygen atoms in total. The Bertz CT molecular complexity index is 396. The maximum Gasteiger partial charge on any atom is 0.413 e. The van der Waals surface area contributed by atoms with Gasteiger partial charge in [-0.05, 0) is 18.6 Å². The van der Waals surface area contributed by atoms with Gasteiger partial charge in [0.2, 0.25) is 0 Å². The number of benzene rings is 1. The number of carbonyl (C=O) groups excluding carboxylic acids is 1. The van der Waals surface area contributed by atoms with Crippen LogP contribution in [-0.2, 0) is 11.3 Å². The van der Waals surface area contributed by atoms with Gasteiger partial charge in [0.15, 0.2) is 0 Å². The second-order valence-electron chi connectivity index (χ2n) is 3.45. The van der Waals surface area contributed by atoms with Crippen molar-refractivity contribution >= 4 is 6.09 Å². The molecule has 0 unspecified atom stereocenters. The van der Waals surface area contributed by atoms with Gasteiger partial charge in [-0.25, -0.2) is 4.79 Å². The summed E-state index contributed by atoms with van der Waals surface area (Å²) in [4.78, 5) is 13.1. The standard InChI is InChI=1S/C14H17NO2/c1-3-4-8-11-15(14(16)17-2)12-13-9-6-5-7-10-13/h3-11H,12H2,1-2H3/b4-3+,11-8+. The van der Waals surface area contributed by atoms with Gasteiger partial charge in [-0.3, -0.25) is 4.90 Å². The zero-order valence-electron chi connectivity index (χ0n) is 10.2.